The Morgan fingerprint density at radius 1 is 1.08 bits per heavy atom. The Hall–Kier alpha value is -3.08. The second kappa shape index (κ2) is 5.53. The number of amides is 2. The number of fused-ring (bicyclic) bond motifs is 2. The van der Waals surface area contributed by atoms with Crippen molar-refractivity contribution in [2.75, 3.05) is 16.8 Å². The largest absolute Gasteiger partial charge is 0.383 e. The first-order valence-corrected chi connectivity index (χ1v) is 7.93. The van der Waals surface area contributed by atoms with Crippen molar-refractivity contribution in [2.24, 2.45) is 0 Å². The molecule has 0 saturated heterocycles. The summed E-state index contributed by atoms with van der Waals surface area (Å²) in [6, 6.07) is 15.2. The van der Waals surface area contributed by atoms with Gasteiger partial charge in [-0.25, -0.2) is 4.90 Å². The lowest BCUT2D eigenvalue weighted by molar-refractivity contribution is -0.115. The normalized spacial score (nSPS) is 12.7. The molecule has 5 nitrogen and oxygen atoms in total. The van der Waals surface area contributed by atoms with Crippen molar-refractivity contribution in [3.05, 3.63) is 59.8 Å². The number of rotatable bonds is 2. The SMILES string of the molecule is CC(=O)N(C(=O)c1cc2ccccc2[nH]1)c1cccc2c1NCC2. The van der Waals surface area contributed by atoms with E-state index >= 15 is 0 Å². The van der Waals surface area contributed by atoms with Crippen LogP contribution in [0.3, 0.4) is 0 Å². The van der Waals surface area contributed by atoms with Gasteiger partial charge in [0.15, 0.2) is 0 Å². The number of imide groups is 1. The second-order valence-corrected chi connectivity index (χ2v) is 5.92. The van der Waals surface area contributed by atoms with Crippen LogP contribution in [0.4, 0.5) is 11.4 Å². The number of benzene rings is 2. The van der Waals surface area contributed by atoms with Gasteiger partial charge in [0, 0.05) is 24.4 Å². The van der Waals surface area contributed by atoms with E-state index in [1.54, 1.807) is 12.1 Å². The van der Waals surface area contributed by atoms with Gasteiger partial charge in [0.1, 0.15) is 5.69 Å². The van der Waals surface area contributed by atoms with Crippen LogP contribution < -0.4 is 10.2 Å². The smallest absolute Gasteiger partial charge is 0.281 e. The van der Waals surface area contributed by atoms with Crippen LogP contribution in [0.15, 0.2) is 48.5 Å². The van der Waals surface area contributed by atoms with E-state index < -0.39 is 0 Å². The monoisotopic (exact) mass is 319 g/mol. The van der Waals surface area contributed by atoms with Crippen LogP contribution in [0.5, 0.6) is 0 Å². The number of aromatic amines is 1. The summed E-state index contributed by atoms with van der Waals surface area (Å²) in [7, 11) is 0. The fourth-order valence-corrected chi connectivity index (χ4v) is 3.24. The Bertz CT molecular complexity index is 925. The summed E-state index contributed by atoms with van der Waals surface area (Å²) in [5, 5.41) is 4.23. The van der Waals surface area contributed by atoms with E-state index in [2.05, 4.69) is 10.3 Å². The summed E-state index contributed by atoms with van der Waals surface area (Å²) in [6.45, 7) is 2.23. The van der Waals surface area contributed by atoms with Crippen molar-refractivity contribution < 1.29 is 9.59 Å². The molecule has 0 saturated carbocycles. The summed E-state index contributed by atoms with van der Waals surface area (Å²) < 4.78 is 0. The molecule has 1 aliphatic rings. The van der Waals surface area contributed by atoms with Crippen molar-refractivity contribution in [1.29, 1.82) is 0 Å². The van der Waals surface area contributed by atoms with Gasteiger partial charge in [-0.2, -0.15) is 0 Å². The van der Waals surface area contributed by atoms with Gasteiger partial charge in [0.2, 0.25) is 5.91 Å². The molecule has 0 aliphatic carbocycles. The van der Waals surface area contributed by atoms with E-state index in [1.165, 1.54) is 11.8 Å². The molecule has 120 valence electrons. The third-order valence-corrected chi connectivity index (χ3v) is 4.34. The van der Waals surface area contributed by atoms with Gasteiger partial charge < -0.3 is 10.3 Å². The third-order valence-electron chi connectivity index (χ3n) is 4.34. The molecule has 0 atom stereocenters. The second-order valence-electron chi connectivity index (χ2n) is 5.92. The van der Waals surface area contributed by atoms with Crippen LogP contribution in [0, 0.1) is 0 Å². The summed E-state index contributed by atoms with van der Waals surface area (Å²) in [5.74, 6) is -0.651. The van der Waals surface area contributed by atoms with Gasteiger partial charge in [-0.1, -0.05) is 30.3 Å². The molecule has 0 radical (unpaired) electrons. The zero-order chi connectivity index (χ0) is 16.7. The maximum Gasteiger partial charge on any atom is 0.281 e. The molecule has 24 heavy (non-hydrogen) atoms. The molecular weight excluding hydrogens is 302 g/mol. The van der Waals surface area contributed by atoms with Crippen LogP contribution in [0.1, 0.15) is 23.0 Å². The van der Waals surface area contributed by atoms with Crippen molar-refractivity contribution in [2.45, 2.75) is 13.3 Å². The number of carbonyl (C=O) groups excluding carboxylic acids is 2. The first kappa shape index (κ1) is 14.5. The Kier molecular flexibility index (Phi) is 3.34. The van der Waals surface area contributed by atoms with Crippen LogP contribution >= 0.6 is 0 Å². The number of anilines is 2. The summed E-state index contributed by atoms with van der Waals surface area (Å²) in [4.78, 5) is 29.6. The van der Waals surface area contributed by atoms with E-state index in [0.717, 1.165) is 35.1 Å². The lowest BCUT2D eigenvalue weighted by Crippen LogP contribution is -2.35. The number of carbonyl (C=O) groups is 2. The molecule has 3 aromatic rings. The van der Waals surface area contributed by atoms with Crippen molar-refractivity contribution in [3.63, 3.8) is 0 Å². The predicted molar refractivity (Wildman–Crippen MR) is 94.4 cm³/mol. The van der Waals surface area contributed by atoms with Gasteiger partial charge in [-0.15, -0.1) is 0 Å². The maximum atomic E-state index is 13.0. The minimum absolute atomic E-state index is 0.305. The van der Waals surface area contributed by atoms with Gasteiger partial charge in [-0.3, -0.25) is 9.59 Å². The zero-order valence-electron chi connectivity index (χ0n) is 13.3. The van der Waals surface area contributed by atoms with Gasteiger partial charge >= 0.3 is 0 Å². The molecule has 2 aromatic carbocycles. The van der Waals surface area contributed by atoms with Gasteiger partial charge in [-0.05, 0) is 30.2 Å². The van der Waals surface area contributed by atoms with E-state index in [-0.39, 0.29) is 11.8 Å². The molecule has 2 amide bonds. The molecule has 2 heterocycles. The average molecular weight is 319 g/mol. The molecule has 0 spiro atoms. The molecule has 4 rings (SSSR count). The highest BCUT2D eigenvalue weighted by Gasteiger charge is 2.27. The molecule has 0 bridgehead atoms. The highest BCUT2D eigenvalue weighted by atomic mass is 16.2. The number of H-pyrrole nitrogens is 1. The summed E-state index contributed by atoms with van der Waals surface area (Å²) in [5.41, 5.74) is 3.89. The van der Waals surface area contributed by atoms with E-state index in [4.69, 9.17) is 0 Å². The van der Waals surface area contributed by atoms with Crippen molar-refractivity contribution in [3.8, 4) is 0 Å². The Labute approximate surface area is 139 Å². The topological polar surface area (TPSA) is 65.2 Å². The molecule has 5 heteroatoms. The Morgan fingerprint density at radius 2 is 1.92 bits per heavy atom. The fourth-order valence-electron chi connectivity index (χ4n) is 3.24. The number of hydrogen-bond donors (Lipinski definition) is 2. The summed E-state index contributed by atoms with van der Waals surface area (Å²) in [6.07, 6.45) is 0.898. The van der Waals surface area contributed by atoms with Gasteiger partial charge in [0.05, 0.1) is 11.4 Å². The lowest BCUT2D eigenvalue weighted by Gasteiger charge is -2.21. The van der Waals surface area contributed by atoms with Crippen LogP contribution in [-0.2, 0) is 11.2 Å². The lowest BCUT2D eigenvalue weighted by atomic mass is 10.1. The van der Waals surface area contributed by atoms with Crippen molar-refractivity contribution in [1.82, 2.24) is 4.98 Å². The summed E-state index contributed by atoms with van der Waals surface area (Å²) >= 11 is 0. The first-order valence-electron chi connectivity index (χ1n) is 7.93. The van der Waals surface area contributed by atoms with E-state index in [9.17, 15) is 9.59 Å². The number of nitrogens with zero attached hydrogens (tertiary/aromatic N) is 1. The van der Waals surface area contributed by atoms with E-state index in [1.807, 2.05) is 36.4 Å². The third kappa shape index (κ3) is 2.25. The molecule has 1 aliphatic heterocycles. The quantitative estimate of drug-likeness (QED) is 0.761. The fraction of sp³-hybridized carbons (Fsp3) is 0.158. The van der Waals surface area contributed by atoms with Crippen molar-refractivity contribution >= 4 is 34.1 Å². The minimum atomic E-state index is -0.346. The number of para-hydroxylation sites is 2. The molecule has 1 aromatic heterocycles. The number of aromatic nitrogens is 1. The first-order chi connectivity index (χ1) is 11.6. The molecule has 2 N–H and O–H groups in total. The number of hydrogen-bond acceptors (Lipinski definition) is 3. The van der Waals surface area contributed by atoms with Crippen LogP contribution in [0.25, 0.3) is 10.9 Å². The predicted octanol–water partition coefficient (Wildman–Crippen LogP) is 3.33. The van der Waals surface area contributed by atoms with Crippen LogP contribution in [0.2, 0.25) is 0 Å². The van der Waals surface area contributed by atoms with Crippen LogP contribution in [-0.4, -0.2) is 23.3 Å². The maximum absolute atomic E-state index is 13.0. The molecular formula is C19H17N3O2. The Morgan fingerprint density at radius 3 is 2.71 bits per heavy atom. The van der Waals surface area contributed by atoms with Gasteiger partial charge in [0.25, 0.3) is 5.91 Å². The molecule has 0 unspecified atom stereocenters. The molecule has 0 fully saturated rings. The Balaban J connectivity index is 1.80. The highest BCUT2D eigenvalue weighted by Crippen LogP contribution is 2.34. The number of nitrogens with one attached hydrogen (secondary N) is 2. The zero-order valence-corrected chi connectivity index (χ0v) is 13.3. The average Bonchev–Trinajstić information content (AvgIpc) is 3.21. The minimum Gasteiger partial charge on any atom is -0.383 e. The standard InChI is InChI=1S/C19H17N3O2/c1-12(23)22(17-8-4-6-13-9-10-20-18(13)17)19(24)16-11-14-5-2-3-7-15(14)21-16/h2-8,11,20-21H,9-10H2,1H3. The highest BCUT2D eigenvalue weighted by molar-refractivity contribution is 6.22. The van der Waals surface area contributed by atoms with E-state index in [0.29, 0.717) is 11.4 Å².